The zero-order valence-corrected chi connectivity index (χ0v) is 22.9. The minimum Gasteiger partial charge on any atom is -0.419 e. The standard InChI is InChI=1S/C21H16ClF2N7O2S.C5H10/c22-13-3-1-12(2-4-13)21(23,24)19-29-28-18(33-19)14-5-31(8-20(14)6-30(7-20)11-32)17-15-16(25-9-26-17)27-10-34-15;1-5(2)3-4-5/h1-4,9-11,14H,5-8H2;3-4H2,1-2H3. The summed E-state index contributed by atoms with van der Waals surface area (Å²) in [5, 5.41) is 8.07. The fraction of sp³-hybridized carbons (Fsp3) is 0.462. The summed E-state index contributed by atoms with van der Waals surface area (Å²) in [7, 11) is 0. The highest BCUT2D eigenvalue weighted by atomic mass is 35.5. The Morgan fingerprint density at radius 3 is 2.49 bits per heavy atom. The molecule has 0 N–H and O–H groups in total. The van der Waals surface area contributed by atoms with Gasteiger partial charge in [-0.2, -0.15) is 8.78 Å². The van der Waals surface area contributed by atoms with E-state index in [4.69, 9.17) is 16.0 Å². The van der Waals surface area contributed by atoms with Crippen LogP contribution >= 0.6 is 22.9 Å². The summed E-state index contributed by atoms with van der Waals surface area (Å²) in [5.74, 6) is -3.78. The van der Waals surface area contributed by atoms with Gasteiger partial charge in [-0.25, -0.2) is 15.0 Å². The van der Waals surface area contributed by atoms with Gasteiger partial charge in [-0.1, -0.05) is 37.6 Å². The van der Waals surface area contributed by atoms with Gasteiger partial charge in [0.25, 0.3) is 5.89 Å². The topological polar surface area (TPSA) is 101 Å². The molecule has 5 heterocycles. The molecule has 13 heteroatoms. The highest BCUT2D eigenvalue weighted by Gasteiger charge is 2.57. The molecule has 1 atom stereocenters. The number of hydrogen-bond donors (Lipinski definition) is 0. The number of amides is 1. The molecule has 7 rings (SSSR count). The molecular formula is C26H26ClF2N7O2S. The molecule has 9 nitrogen and oxygen atoms in total. The van der Waals surface area contributed by atoms with Crippen molar-refractivity contribution < 1.29 is 18.0 Å². The average molecular weight is 574 g/mol. The molecule has 3 aliphatic rings. The van der Waals surface area contributed by atoms with Crippen LogP contribution in [-0.4, -0.2) is 62.6 Å². The third-order valence-corrected chi connectivity index (χ3v) is 8.77. The van der Waals surface area contributed by atoms with Crippen molar-refractivity contribution in [2.24, 2.45) is 10.8 Å². The fourth-order valence-electron chi connectivity index (χ4n) is 5.07. The summed E-state index contributed by atoms with van der Waals surface area (Å²) >= 11 is 7.26. The molecule has 1 saturated carbocycles. The first kappa shape index (κ1) is 26.0. The van der Waals surface area contributed by atoms with Gasteiger partial charge in [0.1, 0.15) is 11.0 Å². The van der Waals surface area contributed by atoms with E-state index < -0.39 is 17.2 Å². The molecular weight excluding hydrogens is 548 g/mol. The van der Waals surface area contributed by atoms with Gasteiger partial charge in [-0.05, 0) is 30.4 Å². The van der Waals surface area contributed by atoms with E-state index in [1.165, 1.54) is 54.8 Å². The number of halogens is 3. The number of carbonyl (C=O) groups excluding carboxylic acids is 1. The second kappa shape index (κ2) is 9.44. The molecule has 1 aliphatic carbocycles. The zero-order valence-electron chi connectivity index (χ0n) is 21.4. The maximum atomic E-state index is 15.1. The Bertz CT molecular complexity index is 1500. The average Bonchev–Trinajstić information content (AvgIpc) is 3.35. The Hall–Kier alpha value is -3.25. The molecule has 1 spiro atoms. The van der Waals surface area contributed by atoms with E-state index in [0.717, 1.165) is 16.5 Å². The molecule has 1 aromatic carbocycles. The molecule has 39 heavy (non-hydrogen) atoms. The predicted octanol–water partition coefficient (Wildman–Crippen LogP) is 5.13. The van der Waals surface area contributed by atoms with Crippen LogP contribution in [-0.2, 0) is 10.7 Å². The first-order chi connectivity index (χ1) is 18.6. The summed E-state index contributed by atoms with van der Waals surface area (Å²) in [5.41, 5.74) is 2.34. The van der Waals surface area contributed by atoms with Crippen molar-refractivity contribution in [2.75, 3.05) is 31.1 Å². The van der Waals surface area contributed by atoms with Crippen LogP contribution in [0.4, 0.5) is 14.6 Å². The van der Waals surface area contributed by atoms with E-state index in [2.05, 4.69) is 43.9 Å². The highest BCUT2D eigenvalue weighted by Crippen LogP contribution is 2.50. The molecule has 2 aliphatic heterocycles. The van der Waals surface area contributed by atoms with Crippen LogP contribution in [0.1, 0.15) is 50.0 Å². The van der Waals surface area contributed by atoms with Gasteiger partial charge in [0, 0.05) is 42.2 Å². The van der Waals surface area contributed by atoms with E-state index in [0.29, 0.717) is 42.7 Å². The van der Waals surface area contributed by atoms with Gasteiger partial charge in [0.05, 0.1) is 11.4 Å². The van der Waals surface area contributed by atoms with Crippen LogP contribution in [0.25, 0.3) is 10.3 Å². The van der Waals surface area contributed by atoms with Gasteiger partial charge in [-0.15, -0.1) is 21.5 Å². The van der Waals surface area contributed by atoms with Crippen molar-refractivity contribution in [1.82, 2.24) is 30.0 Å². The van der Waals surface area contributed by atoms with Gasteiger partial charge in [0.2, 0.25) is 12.3 Å². The number of alkyl halides is 2. The number of thiazole rings is 1. The van der Waals surface area contributed by atoms with Crippen LogP contribution in [0.15, 0.2) is 40.5 Å². The normalized spacial score (nSPS) is 21.0. The van der Waals surface area contributed by atoms with E-state index >= 15 is 8.78 Å². The molecule has 3 fully saturated rings. The van der Waals surface area contributed by atoms with Gasteiger partial charge in [0.15, 0.2) is 11.5 Å². The second-order valence-electron chi connectivity index (χ2n) is 11.2. The Morgan fingerprint density at radius 1 is 1.10 bits per heavy atom. The van der Waals surface area contributed by atoms with Crippen LogP contribution < -0.4 is 4.90 Å². The lowest BCUT2D eigenvalue weighted by Gasteiger charge is -2.48. The molecule has 1 unspecified atom stereocenters. The molecule has 0 radical (unpaired) electrons. The number of benzene rings is 1. The monoisotopic (exact) mass is 573 g/mol. The fourth-order valence-corrected chi connectivity index (χ4v) is 5.95. The zero-order chi connectivity index (χ0) is 27.4. The minimum atomic E-state index is -3.48. The third-order valence-electron chi connectivity index (χ3n) is 7.71. The van der Waals surface area contributed by atoms with E-state index in [-0.39, 0.29) is 17.4 Å². The van der Waals surface area contributed by atoms with Crippen LogP contribution in [0.3, 0.4) is 0 Å². The highest BCUT2D eigenvalue weighted by molar-refractivity contribution is 7.17. The molecule has 2 saturated heterocycles. The summed E-state index contributed by atoms with van der Waals surface area (Å²) in [6.07, 6.45) is 5.14. The molecule has 1 amide bonds. The number of nitrogens with zero attached hydrogens (tertiary/aromatic N) is 7. The first-order valence-electron chi connectivity index (χ1n) is 12.6. The predicted molar refractivity (Wildman–Crippen MR) is 142 cm³/mol. The maximum Gasteiger partial charge on any atom is 0.349 e. The van der Waals surface area contributed by atoms with E-state index in [9.17, 15) is 4.79 Å². The van der Waals surface area contributed by atoms with Crippen LogP contribution in [0.5, 0.6) is 0 Å². The molecule has 4 aromatic rings. The Labute approximate surface area is 232 Å². The lowest BCUT2D eigenvalue weighted by atomic mass is 9.72. The lowest BCUT2D eigenvalue weighted by molar-refractivity contribution is -0.129. The van der Waals surface area contributed by atoms with Crippen molar-refractivity contribution in [1.29, 1.82) is 0 Å². The molecule has 204 valence electrons. The summed E-state index contributed by atoms with van der Waals surface area (Å²) < 4.78 is 36.6. The molecule has 3 aromatic heterocycles. The minimum absolute atomic E-state index is 0.117. The third kappa shape index (κ3) is 4.84. The van der Waals surface area contributed by atoms with Gasteiger partial charge < -0.3 is 14.2 Å². The summed E-state index contributed by atoms with van der Waals surface area (Å²) in [6.45, 7) is 6.49. The lowest BCUT2D eigenvalue weighted by Crippen LogP contribution is -2.59. The van der Waals surface area contributed by atoms with Crippen molar-refractivity contribution in [3.8, 4) is 0 Å². The van der Waals surface area contributed by atoms with Crippen LogP contribution in [0.2, 0.25) is 5.02 Å². The number of aromatic nitrogens is 5. The van der Waals surface area contributed by atoms with E-state index in [1.807, 2.05) is 0 Å². The Balaban J connectivity index is 0.000000500. The smallest absolute Gasteiger partial charge is 0.349 e. The Morgan fingerprint density at radius 2 is 1.82 bits per heavy atom. The number of rotatable bonds is 5. The number of carbonyl (C=O) groups is 1. The number of hydrogen-bond acceptors (Lipinski definition) is 9. The number of fused-ring (bicyclic) bond motifs is 1. The van der Waals surface area contributed by atoms with Crippen molar-refractivity contribution in [2.45, 2.75) is 38.5 Å². The van der Waals surface area contributed by atoms with Gasteiger partial charge in [-0.3, -0.25) is 4.79 Å². The van der Waals surface area contributed by atoms with E-state index in [1.54, 1.807) is 10.4 Å². The quantitative estimate of drug-likeness (QED) is 0.303. The number of likely N-dealkylation sites (tertiary alicyclic amines) is 1. The van der Waals surface area contributed by atoms with Crippen LogP contribution in [0, 0.1) is 10.8 Å². The summed E-state index contributed by atoms with van der Waals surface area (Å²) in [4.78, 5) is 27.9. The van der Waals surface area contributed by atoms with Crippen molar-refractivity contribution >= 4 is 45.5 Å². The second-order valence-corrected chi connectivity index (χ2v) is 12.5. The first-order valence-corrected chi connectivity index (χ1v) is 13.8. The SMILES string of the molecule is CC1(C)CC1.O=CN1CC2(C1)CN(c1ncnc3ncsc13)CC2c1nnc(C(F)(F)c2ccc(Cl)cc2)o1. The Kier molecular flexibility index (Phi) is 6.29. The maximum absolute atomic E-state index is 15.1. The van der Waals surface area contributed by atoms with Crippen molar-refractivity contribution in [3.63, 3.8) is 0 Å². The van der Waals surface area contributed by atoms with Gasteiger partial charge >= 0.3 is 5.92 Å². The summed E-state index contributed by atoms with van der Waals surface area (Å²) in [6, 6.07) is 5.23. The number of anilines is 1. The largest absolute Gasteiger partial charge is 0.419 e. The van der Waals surface area contributed by atoms with Crippen molar-refractivity contribution in [3.05, 3.63) is 58.5 Å². The molecule has 0 bridgehead atoms.